The topological polar surface area (TPSA) is 53.5 Å². The first-order chi connectivity index (χ1) is 14.2. The largest absolute Gasteiger partial charge is 0.336 e. The highest BCUT2D eigenvalue weighted by atomic mass is 16.2. The summed E-state index contributed by atoms with van der Waals surface area (Å²) in [5.41, 5.74) is 3.11. The van der Waals surface area contributed by atoms with Crippen molar-refractivity contribution in [2.45, 2.75) is 57.5 Å². The molecule has 4 rings (SSSR count). The Labute approximate surface area is 172 Å². The number of nitrogens with zero attached hydrogens (tertiary/aromatic N) is 3. The highest BCUT2D eigenvalue weighted by Gasteiger charge is 2.28. The van der Waals surface area contributed by atoms with Crippen molar-refractivity contribution in [2.24, 2.45) is 0 Å². The van der Waals surface area contributed by atoms with Crippen LogP contribution in [0.1, 0.15) is 72.5 Å². The molecule has 0 aliphatic carbocycles. The van der Waals surface area contributed by atoms with Crippen LogP contribution in [0.4, 0.5) is 0 Å². The van der Waals surface area contributed by atoms with Crippen LogP contribution < -0.4 is 0 Å². The van der Waals surface area contributed by atoms with Crippen LogP contribution in [0.2, 0.25) is 0 Å². The summed E-state index contributed by atoms with van der Waals surface area (Å²) in [5, 5.41) is 0. The molecule has 3 heterocycles. The number of aromatic nitrogens is 1. The number of piperidine rings is 1. The molecule has 2 aliphatic rings. The van der Waals surface area contributed by atoms with Gasteiger partial charge in [0, 0.05) is 44.0 Å². The molecule has 2 amide bonds. The van der Waals surface area contributed by atoms with Crippen molar-refractivity contribution >= 4 is 11.8 Å². The van der Waals surface area contributed by atoms with E-state index in [2.05, 4.69) is 16.0 Å². The van der Waals surface area contributed by atoms with E-state index in [4.69, 9.17) is 0 Å². The Morgan fingerprint density at radius 3 is 2.79 bits per heavy atom. The number of unbranched alkanes of at least 4 members (excludes halogenated alkanes) is 2. The van der Waals surface area contributed by atoms with Crippen molar-refractivity contribution in [3.63, 3.8) is 0 Å². The van der Waals surface area contributed by atoms with Gasteiger partial charge in [-0.25, -0.2) is 0 Å². The number of hydrogen-bond acceptors (Lipinski definition) is 3. The molecule has 1 fully saturated rings. The quantitative estimate of drug-likeness (QED) is 0.659. The molecule has 1 unspecified atom stereocenters. The number of rotatable bonds is 7. The number of pyridine rings is 1. The second kappa shape index (κ2) is 9.21. The third kappa shape index (κ3) is 4.50. The smallest absolute Gasteiger partial charge is 0.254 e. The van der Waals surface area contributed by atoms with E-state index in [-0.39, 0.29) is 17.9 Å². The lowest BCUT2D eigenvalue weighted by atomic mass is 9.95. The lowest BCUT2D eigenvalue weighted by molar-refractivity contribution is -0.135. The first-order valence-electron chi connectivity index (χ1n) is 10.8. The Morgan fingerprint density at radius 1 is 1.07 bits per heavy atom. The molecular weight excluding hydrogens is 362 g/mol. The zero-order chi connectivity index (χ0) is 20.1. The summed E-state index contributed by atoms with van der Waals surface area (Å²) in [7, 11) is 0. The zero-order valence-corrected chi connectivity index (χ0v) is 16.9. The summed E-state index contributed by atoms with van der Waals surface area (Å²) >= 11 is 0. The minimum atomic E-state index is 0.143. The van der Waals surface area contributed by atoms with Gasteiger partial charge in [-0.15, -0.1) is 0 Å². The van der Waals surface area contributed by atoms with Crippen molar-refractivity contribution in [1.29, 1.82) is 0 Å². The van der Waals surface area contributed by atoms with Crippen molar-refractivity contribution < 1.29 is 9.59 Å². The summed E-state index contributed by atoms with van der Waals surface area (Å²) in [5.74, 6) is 0.396. The first-order valence-corrected chi connectivity index (χ1v) is 10.8. The van der Waals surface area contributed by atoms with Gasteiger partial charge in [0.15, 0.2) is 0 Å². The molecule has 29 heavy (non-hydrogen) atoms. The predicted molar refractivity (Wildman–Crippen MR) is 112 cm³/mol. The van der Waals surface area contributed by atoms with Crippen LogP contribution in [0.3, 0.4) is 0 Å². The maximum Gasteiger partial charge on any atom is 0.254 e. The van der Waals surface area contributed by atoms with Gasteiger partial charge in [0.2, 0.25) is 5.91 Å². The van der Waals surface area contributed by atoms with Gasteiger partial charge in [-0.3, -0.25) is 14.6 Å². The molecule has 1 aromatic heterocycles. The number of hydrogen-bond donors (Lipinski definition) is 0. The molecule has 0 N–H and O–H groups in total. The van der Waals surface area contributed by atoms with Crippen LogP contribution in [0, 0.1) is 0 Å². The molecule has 152 valence electrons. The van der Waals surface area contributed by atoms with E-state index < -0.39 is 0 Å². The van der Waals surface area contributed by atoms with Crippen molar-refractivity contribution in [2.75, 3.05) is 13.1 Å². The third-order valence-corrected chi connectivity index (χ3v) is 6.11. The predicted octanol–water partition coefficient (Wildman–Crippen LogP) is 4.35. The van der Waals surface area contributed by atoms with Gasteiger partial charge < -0.3 is 9.80 Å². The van der Waals surface area contributed by atoms with Crippen LogP contribution in [0.5, 0.6) is 0 Å². The molecule has 0 radical (unpaired) electrons. The Hall–Kier alpha value is -2.69. The van der Waals surface area contributed by atoms with Gasteiger partial charge in [-0.2, -0.15) is 0 Å². The van der Waals surface area contributed by atoms with Crippen LogP contribution in [0.15, 0.2) is 48.8 Å². The number of likely N-dealkylation sites (tertiary alicyclic amines) is 1. The third-order valence-electron chi connectivity index (χ3n) is 6.11. The number of carbonyl (C=O) groups is 2. The summed E-state index contributed by atoms with van der Waals surface area (Å²) in [4.78, 5) is 33.5. The Morgan fingerprint density at radius 2 is 1.97 bits per heavy atom. The molecule has 0 spiro atoms. The molecule has 1 aromatic carbocycles. The monoisotopic (exact) mass is 391 g/mol. The van der Waals surface area contributed by atoms with Gasteiger partial charge in [-0.05, 0) is 55.4 Å². The van der Waals surface area contributed by atoms with E-state index >= 15 is 0 Å². The van der Waals surface area contributed by atoms with E-state index in [0.29, 0.717) is 13.0 Å². The Bertz CT molecular complexity index is 852. The standard InChI is InChI=1S/C24H29N3O2/c28-23(27-16-7-5-12-22(27)19-10-8-14-25-17-19)13-2-1-6-15-26-18-20-9-3-4-11-21(20)24(26)29/h3-4,8-11,14,17,22H,1-2,5-7,12-13,15-16,18H2. The molecule has 0 bridgehead atoms. The summed E-state index contributed by atoms with van der Waals surface area (Å²) in [6.45, 7) is 2.33. The number of fused-ring (bicyclic) bond motifs is 1. The fraction of sp³-hybridized carbons (Fsp3) is 0.458. The highest BCUT2D eigenvalue weighted by molar-refractivity contribution is 5.98. The molecular formula is C24H29N3O2. The number of benzene rings is 1. The Kier molecular flexibility index (Phi) is 6.23. The van der Waals surface area contributed by atoms with E-state index in [9.17, 15) is 9.59 Å². The van der Waals surface area contributed by atoms with Crippen LogP contribution in [-0.4, -0.2) is 39.7 Å². The van der Waals surface area contributed by atoms with Crippen molar-refractivity contribution in [3.8, 4) is 0 Å². The SMILES string of the molecule is O=C1c2ccccc2CN1CCCCCC(=O)N1CCCCC1c1cccnc1. The first kappa shape index (κ1) is 19.6. The maximum atomic E-state index is 12.8. The lowest BCUT2D eigenvalue weighted by Gasteiger charge is -2.36. The number of amides is 2. The second-order valence-electron chi connectivity index (χ2n) is 8.08. The van der Waals surface area contributed by atoms with Crippen LogP contribution in [0.25, 0.3) is 0 Å². The second-order valence-corrected chi connectivity index (χ2v) is 8.08. The van der Waals surface area contributed by atoms with E-state index in [0.717, 1.165) is 68.3 Å². The van der Waals surface area contributed by atoms with E-state index in [1.807, 2.05) is 41.4 Å². The van der Waals surface area contributed by atoms with Crippen molar-refractivity contribution in [3.05, 3.63) is 65.5 Å². The normalized spacial score (nSPS) is 18.8. The Balaban J connectivity index is 1.21. The van der Waals surface area contributed by atoms with E-state index in [1.54, 1.807) is 6.20 Å². The lowest BCUT2D eigenvalue weighted by Crippen LogP contribution is -2.38. The fourth-order valence-electron chi connectivity index (χ4n) is 4.54. The van der Waals surface area contributed by atoms with Gasteiger partial charge in [-0.1, -0.05) is 30.7 Å². The highest BCUT2D eigenvalue weighted by Crippen LogP contribution is 2.31. The van der Waals surface area contributed by atoms with Gasteiger partial charge in [0.1, 0.15) is 0 Å². The van der Waals surface area contributed by atoms with Crippen LogP contribution in [-0.2, 0) is 11.3 Å². The fourth-order valence-corrected chi connectivity index (χ4v) is 4.54. The van der Waals surface area contributed by atoms with Crippen LogP contribution >= 0.6 is 0 Å². The average Bonchev–Trinajstić information content (AvgIpc) is 3.10. The van der Waals surface area contributed by atoms with E-state index in [1.165, 1.54) is 0 Å². The maximum absolute atomic E-state index is 12.8. The summed E-state index contributed by atoms with van der Waals surface area (Å²) < 4.78 is 0. The number of carbonyl (C=O) groups excluding carboxylic acids is 2. The van der Waals surface area contributed by atoms with Gasteiger partial charge >= 0.3 is 0 Å². The minimum Gasteiger partial charge on any atom is -0.336 e. The molecule has 2 aromatic rings. The summed E-state index contributed by atoms with van der Waals surface area (Å²) in [6.07, 6.45) is 10.3. The molecule has 5 nitrogen and oxygen atoms in total. The van der Waals surface area contributed by atoms with Crippen molar-refractivity contribution in [1.82, 2.24) is 14.8 Å². The van der Waals surface area contributed by atoms with Gasteiger partial charge in [0.25, 0.3) is 5.91 Å². The minimum absolute atomic E-state index is 0.143. The molecule has 2 aliphatic heterocycles. The average molecular weight is 392 g/mol. The molecule has 1 saturated heterocycles. The molecule has 1 atom stereocenters. The molecule has 5 heteroatoms. The summed E-state index contributed by atoms with van der Waals surface area (Å²) in [6, 6.07) is 12.0. The molecule has 0 saturated carbocycles. The van der Waals surface area contributed by atoms with Gasteiger partial charge in [0.05, 0.1) is 6.04 Å². The zero-order valence-electron chi connectivity index (χ0n) is 16.9.